The summed E-state index contributed by atoms with van der Waals surface area (Å²) in [5.41, 5.74) is 42.5. The van der Waals surface area contributed by atoms with Gasteiger partial charge in [-0.1, -0.05) is 12.1 Å². The van der Waals surface area contributed by atoms with E-state index in [1.807, 2.05) is 74.5 Å². The number of hydrogen-bond acceptors (Lipinski definition) is 16. The molecule has 0 radical (unpaired) electrons. The number of ether oxygens (including phenoxy) is 2. The molecular formula is C54H82Cl2N14O6. The third-order valence-electron chi connectivity index (χ3n) is 13.3. The number of amides is 2. The van der Waals surface area contributed by atoms with Gasteiger partial charge in [0.25, 0.3) is 11.8 Å². The number of nitrogens with zero attached hydrogens (tertiary/aromatic N) is 6. The van der Waals surface area contributed by atoms with Crippen LogP contribution >= 0.6 is 0 Å². The Morgan fingerprint density at radius 1 is 0.487 bits per heavy atom. The number of carbonyl (C=O) groups is 4. The number of nitrogens with one attached hydrogen (secondary N) is 2. The standard InChI is InChI=1S/C54H80N14O6.2ClH/c1-37-33-41(13-17-45(37)61-53(71)51(39(3)69)65-63-47-35-43(15-19-49(47)73-5)67(27-7-21-55,28-8-22-56)29-9-23-57)42-14-18-46(38(2)34-42)62-54(72)52(40(4)70)66-64-48-36-44(16-20-50(48)74-6)68(30-10-24-58,31-11-25-59)32-12-26-60;;/h13-20,33-36,51-52H,7-12,21-32,55-60H2,1-6H3;2*1H. The molecule has 0 heterocycles. The van der Waals surface area contributed by atoms with E-state index in [4.69, 9.17) is 43.9 Å². The van der Waals surface area contributed by atoms with Crippen molar-refractivity contribution in [1.29, 1.82) is 0 Å². The van der Waals surface area contributed by atoms with Gasteiger partial charge in [-0.3, -0.25) is 28.1 Å². The minimum Gasteiger partial charge on any atom is -1.00 e. The van der Waals surface area contributed by atoms with Crippen LogP contribution in [0.5, 0.6) is 11.5 Å². The Morgan fingerprint density at radius 2 is 0.789 bits per heavy atom. The fourth-order valence-corrected chi connectivity index (χ4v) is 9.16. The van der Waals surface area contributed by atoms with Crippen LogP contribution in [0.4, 0.5) is 34.1 Å². The lowest BCUT2D eigenvalue weighted by Crippen LogP contribution is -3.00. The highest BCUT2D eigenvalue weighted by atomic mass is 35.5. The van der Waals surface area contributed by atoms with Crippen molar-refractivity contribution in [2.24, 2.45) is 54.9 Å². The molecule has 22 heteroatoms. The van der Waals surface area contributed by atoms with E-state index in [1.165, 1.54) is 28.1 Å². The van der Waals surface area contributed by atoms with Gasteiger partial charge in [0.1, 0.15) is 34.2 Å². The van der Waals surface area contributed by atoms with Crippen LogP contribution in [0.3, 0.4) is 0 Å². The van der Waals surface area contributed by atoms with Gasteiger partial charge in [-0.25, -0.2) is 0 Å². The van der Waals surface area contributed by atoms with Gasteiger partial charge in [-0.2, -0.15) is 20.5 Å². The molecule has 0 aliphatic carbocycles. The van der Waals surface area contributed by atoms with Crippen LogP contribution in [0.1, 0.15) is 63.5 Å². The van der Waals surface area contributed by atoms with Gasteiger partial charge in [0.05, 0.1) is 53.5 Å². The van der Waals surface area contributed by atoms with E-state index in [1.54, 1.807) is 12.1 Å². The van der Waals surface area contributed by atoms with Crippen molar-refractivity contribution in [3.8, 4) is 22.6 Å². The van der Waals surface area contributed by atoms with E-state index < -0.39 is 35.5 Å². The maximum atomic E-state index is 13.7. The summed E-state index contributed by atoms with van der Waals surface area (Å²) in [4.78, 5) is 53.3. The number of halogens is 2. The number of Topliss-reactive ketones (excluding diaryl/α,β-unsaturated/α-hetero) is 2. The number of rotatable bonds is 33. The number of anilines is 2. The monoisotopic (exact) mass is 1090 g/mol. The molecule has 418 valence electrons. The van der Waals surface area contributed by atoms with Crippen molar-refractivity contribution in [2.45, 2.75) is 78.3 Å². The summed E-state index contributed by atoms with van der Waals surface area (Å²) < 4.78 is 12.4. The summed E-state index contributed by atoms with van der Waals surface area (Å²) in [5, 5.41) is 23.1. The number of quaternary nitrogens is 2. The molecule has 0 aliphatic heterocycles. The average molecular weight is 1090 g/mol. The normalized spacial score (nSPS) is 12.4. The van der Waals surface area contributed by atoms with E-state index in [0.29, 0.717) is 82.5 Å². The summed E-state index contributed by atoms with van der Waals surface area (Å²) in [6, 6.07) is 19.5. The van der Waals surface area contributed by atoms with Crippen LogP contribution in [0.15, 0.2) is 93.3 Å². The second-order valence-corrected chi connectivity index (χ2v) is 18.7. The van der Waals surface area contributed by atoms with Crippen molar-refractivity contribution >= 4 is 57.5 Å². The van der Waals surface area contributed by atoms with Crippen LogP contribution in [0.25, 0.3) is 11.1 Å². The molecule has 0 fully saturated rings. The van der Waals surface area contributed by atoms with Gasteiger partial charge in [0.2, 0.25) is 12.1 Å². The predicted octanol–water partition coefficient (Wildman–Crippen LogP) is 0.0630. The van der Waals surface area contributed by atoms with Crippen molar-refractivity contribution in [1.82, 2.24) is 8.97 Å². The molecule has 0 aliphatic rings. The first-order chi connectivity index (χ1) is 35.6. The fourth-order valence-electron chi connectivity index (χ4n) is 9.16. The molecule has 4 aromatic carbocycles. The minimum absolute atomic E-state index is 0. The topological polar surface area (TPSA) is 316 Å². The SMILES string of the molecule is COc1ccc([N+](CCCN)(CCCN)CCCN)cc1N=NC(C(C)=O)C(=O)Nc1ccc(-c2ccc(NC(=O)C(N=Nc3cc([N+](CCCN)(CCCN)CCCN)ccc3OC)C(C)=O)c(C)c2)cc1C.[Cl-].[Cl-]. The molecule has 2 atom stereocenters. The molecule has 14 N–H and O–H groups in total. The highest BCUT2D eigenvalue weighted by Gasteiger charge is 2.33. The van der Waals surface area contributed by atoms with Gasteiger partial charge >= 0.3 is 0 Å². The number of carbonyl (C=O) groups excluding carboxylic acids is 4. The van der Waals surface area contributed by atoms with Gasteiger partial charge in [-0.05, 0) is 126 Å². The van der Waals surface area contributed by atoms with E-state index in [2.05, 4.69) is 31.1 Å². The van der Waals surface area contributed by atoms with Crippen molar-refractivity contribution < 1.29 is 53.5 Å². The number of azo groups is 2. The number of methoxy groups -OCH3 is 2. The first-order valence-electron chi connectivity index (χ1n) is 25.6. The first kappa shape index (κ1) is 66.3. The van der Waals surface area contributed by atoms with Crippen LogP contribution in [0.2, 0.25) is 0 Å². The Bertz CT molecular complexity index is 2350. The molecule has 20 nitrogen and oxygen atoms in total. The molecule has 2 unspecified atom stereocenters. The molecule has 2 amide bonds. The maximum Gasteiger partial charge on any atom is 0.258 e. The fraction of sp³-hybridized carbons (Fsp3) is 0.481. The lowest BCUT2D eigenvalue weighted by molar-refractivity contribution is -0.127. The Morgan fingerprint density at radius 3 is 1.04 bits per heavy atom. The van der Waals surface area contributed by atoms with E-state index in [-0.39, 0.29) is 24.8 Å². The largest absolute Gasteiger partial charge is 1.00 e. The zero-order valence-corrected chi connectivity index (χ0v) is 46.7. The quantitative estimate of drug-likeness (QED) is 0.0179. The molecular weight excluding hydrogens is 1010 g/mol. The van der Waals surface area contributed by atoms with Crippen LogP contribution in [-0.2, 0) is 19.2 Å². The molecule has 76 heavy (non-hydrogen) atoms. The Balaban J connectivity index is 0.00000988. The number of aryl methyl sites for hydroxylation is 2. The first-order valence-corrected chi connectivity index (χ1v) is 25.6. The highest BCUT2D eigenvalue weighted by molar-refractivity contribution is 6.11. The third-order valence-corrected chi connectivity index (χ3v) is 13.3. The third kappa shape index (κ3) is 18.2. The second kappa shape index (κ2) is 33.4. The summed E-state index contributed by atoms with van der Waals surface area (Å²) in [7, 11) is 3.04. The zero-order chi connectivity index (χ0) is 54.3. The minimum atomic E-state index is -1.44. The summed E-state index contributed by atoms with van der Waals surface area (Å²) >= 11 is 0. The Labute approximate surface area is 461 Å². The van der Waals surface area contributed by atoms with Crippen LogP contribution < -0.4 is 88.3 Å². The summed E-state index contributed by atoms with van der Waals surface area (Å²) in [6.45, 7) is 14.1. The number of nitrogens with two attached hydrogens (primary N) is 6. The lowest BCUT2D eigenvalue weighted by Gasteiger charge is -2.38. The Kier molecular flexibility index (Phi) is 29.1. The van der Waals surface area contributed by atoms with Crippen LogP contribution in [-0.4, -0.2) is 128 Å². The van der Waals surface area contributed by atoms with Gasteiger partial charge in [0.15, 0.2) is 11.6 Å². The van der Waals surface area contributed by atoms with Gasteiger partial charge in [-0.15, -0.1) is 0 Å². The number of hydrogen-bond donors (Lipinski definition) is 8. The predicted molar refractivity (Wildman–Crippen MR) is 297 cm³/mol. The second-order valence-electron chi connectivity index (χ2n) is 18.7. The number of ketones is 2. The van der Waals surface area contributed by atoms with Crippen molar-refractivity contribution in [2.75, 3.05) is 103 Å². The molecule has 0 saturated carbocycles. The zero-order valence-electron chi connectivity index (χ0n) is 45.2. The van der Waals surface area contributed by atoms with Crippen molar-refractivity contribution in [3.63, 3.8) is 0 Å². The summed E-state index contributed by atoms with van der Waals surface area (Å²) in [5.74, 6) is -1.41. The molecule has 0 bridgehead atoms. The van der Waals surface area contributed by atoms with Gasteiger partial charge < -0.3 is 79.3 Å². The molecule has 0 aromatic heterocycles. The van der Waals surface area contributed by atoms with E-state index in [0.717, 1.165) is 111 Å². The number of benzene rings is 4. The van der Waals surface area contributed by atoms with E-state index >= 15 is 0 Å². The highest BCUT2D eigenvalue weighted by Crippen LogP contribution is 2.38. The molecule has 4 aromatic rings. The maximum absolute atomic E-state index is 13.7. The van der Waals surface area contributed by atoms with Gasteiger partial charge in [0, 0.05) is 74.2 Å². The molecule has 0 spiro atoms. The summed E-state index contributed by atoms with van der Waals surface area (Å²) in [6.07, 6.45) is 4.72. The smallest absolute Gasteiger partial charge is 0.258 e. The average Bonchev–Trinajstić information content (AvgIpc) is 3.39. The van der Waals surface area contributed by atoms with Crippen molar-refractivity contribution in [3.05, 3.63) is 83.9 Å². The molecule has 4 rings (SSSR count). The lowest BCUT2D eigenvalue weighted by atomic mass is 9.99. The molecule has 0 saturated heterocycles. The van der Waals surface area contributed by atoms with E-state index in [9.17, 15) is 19.2 Å². The van der Waals surface area contributed by atoms with Crippen LogP contribution in [0, 0.1) is 13.8 Å². The Hall–Kier alpha value is -5.78.